The van der Waals surface area contributed by atoms with E-state index >= 15 is 0 Å². The molecular formula is C20H21BrN2O4. The minimum absolute atomic E-state index is 0.00977. The number of benzene rings is 2. The first-order chi connectivity index (χ1) is 13.2. The monoisotopic (exact) mass is 432 g/mol. The first-order valence-electron chi connectivity index (χ1n) is 8.62. The van der Waals surface area contributed by atoms with Gasteiger partial charge in [0.25, 0.3) is 5.91 Å². The topological polar surface area (TPSA) is 60.4 Å². The first kappa shape index (κ1) is 19.4. The van der Waals surface area contributed by atoms with Crippen molar-refractivity contribution in [1.82, 2.24) is 4.90 Å². The molecule has 142 valence electrons. The number of ether oxygens (including phenoxy) is 3. The summed E-state index contributed by atoms with van der Waals surface area (Å²) in [5, 5.41) is 0. The van der Waals surface area contributed by atoms with Crippen LogP contribution in [0.2, 0.25) is 0 Å². The number of rotatable bonds is 6. The zero-order chi connectivity index (χ0) is 19.1. The molecule has 0 unspecified atom stereocenters. The van der Waals surface area contributed by atoms with E-state index in [-0.39, 0.29) is 12.5 Å². The molecule has 1 fully saturated rings. The molecule has 0 atom stereocenters. The van der Waals surface area contributed by atoms with Crippen LogP contribution in [-0.4, -0.2) is 57.0 Å². The number of halogens is 1. The first-order valence-corrected chi connectivity index (χ1v) is 9.41. The fraction of sp³-hybridized carbons (Fsp3) is 0.300. The average molecular weight is 433 g/mol. The Morgan fingerprint density at radius 1 is 1.26 bits per heavy atom. The molecule has 0 radical (unpaired) electrons. The molecule has 7 heteroatoms. The van der Waals surface area contributed by atoms with E-state index in [4.69, 9.17) is 14.2 Å². The van der Waals surface area contributed by atoms with Crippen molar-refractivity contribution in [3.05, 3.63) is 52.5 Å². The minimum atomic E-state index is -0.0335. The second-order valence-electron chi connectivity index (χ2n) is 5.93. The SMILES string of the molecule is COc1cccc(N=Cc2ccc(OCC(=O)N3CCOCC3)c(Br)c2)c1. The molecule has 0 aromatic heterocycles. The van der Waals surface area contributed by atoms with E-state index in [2.05, 4.69) is 20.9 Å². The molecule has 0 saturated carbocycles. The largest absolute Gasteiger partial charge is 0.497 e. The Kier molecular flexibility index (Phi) is 6.84. The van der Waals surface area contributed by atoms with Crippen molar-refractivity contribution < 1.29 is 19.0 Å². The van der Waals surface area contributed by atoms with Gasteiger partial charge in [-0.2, -0.15) is 0 Å². The van der Waals surface area contributed by atoms with Gasteiger partial charge in [0, 0.05) is 25.4 Å². The van der Waals surface area contributed by atoms with Gasteiger partial charge in [-0.25, -0.2) is 0 Å². The quantitative estimate of drug-likeness (QED) is 0.655. The Balaban J connectivity index is 1.59. The Morgan fingerprint density at radius 3 is 2.81 bits per heavy atom. The fourth-order valence-electron chi connectivity index (χ4n) is 2.60. The van der Waals surface area contributed by atoms with Crippen molar-refractivity contribution >= 4 is 33.7 Å². The Hall–Kier alpha value is -2.38. The number of carbonyl (C=O) groups excluding carboxylic acids is 1. The third-order valence-electron chi connectivity index (χ3n) is 4.09. The molecule has 6 nitrogen and oxygen atoms in total. The highest BCUT2D eigenvalue weighted by Crippen LogP contribution is 2.26. The third kappa shape index (κ3) is 5.55. The lowest BCUT2D eigenvalue weighted by Crippen LogP contribution is -2.43. The molecule has 2 aromatic carbocycles. The second kappa shape index (κ2) is 9.53. The molecule has 1 aliphatic heterocycles. The predicted molar refractivity (Wildman–Crippen MR) is 107 cm³/mol. The zero-order valence-corrected chi connectivity index (χ0v) is 16.6. The highest BCUT2D eigenvalue weighted by molar-refractivity contribution is 9.10. The highest BCUT2D eigenvalue weighted by Gasteiger charge is 2.17. The van der Waals surface area contributed by atoms with Gasteiger partial charge in [0.2, 0.25) is 0 Å². The van der Waals surface area contributed by atoms with Crippen molar-refractivity contribution in [1.29, 1.82) is 0 Å². The van der Waals surface area contributed by atoms with E-state index in [1.807, 2.05) is 42.5 Å². The van der Waals surface area contributed by atoms with Gasteiger partial charge in [-0.15, -0.1) is 0 Å². The molecular weight excluding hydrogens is 412 g/mol. The summed E-state index contributed by atoms with van der Waals surface area (Å²) in [5.41, 5.74) is 1.72. The number of hydrogen-bond acceptors (Lipinski definition) is 5. The standard InChI is InChI=1S/C20H21BrN2O4/c1-25-17-4-2-3-16(12-17)22-13-15-5-6-19(18(21)11-15)27-14-20(24)23-7-9-26-10-8-23/h2-6,11-13H,7-10,14H2,1H3. The molecule has 0 spiro atoms. The summed E-state index contributed by atoms with van der Waals surface area (Å²) in [5.74, 6) is 1.35. The molecule has 0 aliphatic carbocycles. The Labute approximate surface area is 166 Å². The number of methoxy groups -OCH3 is 1. The zero-order valence-electron chi connectivity index (χ0n) is 15.1. The lowest BCUT2D eigenvalue weighted by molar-refractivity contribution is -0.137. The van der Waals surface area contributed by atoms with E-state index in [1.54, 1.807) is 18.2 Å². The molecule has 1 heterocycles. The number of hydrogen-bond donors (Lipinski definition) is 0. The van der Waals surface area contributed by atoms with Gasteiger partial charge in [-0.3, -0.25) is 9.79 Å². The average Bonchev–Trinajstić information content (AvgIpc) is 2.72. The number of morpholine rings is 1. The van der Waals surface area contributed by atoms with Gasteiger partial charge in [-0.05, 0) is 51.8 Å². The molecule has 2 aromatic rings. The maximum absolute atomic E-state index is 12.2. The molecule has 0 bridgehead atoms. The summed E-state index contributed by atoms with van der Waals surface area (Å²) in [4.78, 5) is 18.4. The van der Waals surface area contributed by atoms with Crippen molar-refractivity contribution in [2.45, 2.75) is 0 Å². The molecule has 1 aliphatic rings. The van der Waals surface area contributed by atoms with E-state index < -0.39 is 0 Å². The van der Waals surface area contributed by atoms with Gasteiger partial charge in [0.1, 0.15) is 11.5 Å². The van der Waals surface area contributed by atoms with Crippen LogP contribution in [-0.2, 0) is 9.53 Å². The summed E-state index contributed by atoms with van der Waals surface area (Å²) in [7, 11) is 1.63. The van der Waals surface area contributed by atoms with Gasteiger partial charge >= 0.3 is 0 Å². The van der Waals surface area contributed by atoms with E-state index in [9.17, 15) is 4.79 Å². The van der Waals surface area contributed by atoms with Crippen LogP contribution >= 0.6 is 15.9 Å². The van der Waals surface area contributed by atoms with E-state index in [0.717, 1.165) is 21.5 Å². The van der Waals surface area contributed by atoms with E-state index in [0.29, 0.717) is 32.1 Å². The molecule has 3 rings (SSSR count). The smallest absolute Gasteiger partial charge is 0.260 e. The second-order valence-corrected chi connectivity index (χ2v) is 6.79. The van der Waals surface area contributed by atoms with Gasteiger partial charge in [0.05, 0.1) is 30.5 Å². The van der Waals surface area contributed by atoms with Crippen LogP contribution in [0.15, 0.2) is 51.9 Å². The summed E-state index contributed by atoms with van der Waals surface area (Å²) < 4.78 is 16.9. The van der Waals surface area contributed by atoms with Crippen LogP contribution in [0.25, 0.3) is 0 Å². The van der Waals surface area contributed by atoms with Crippen molar-refractivity contribution in [2.24, 2.45) is 4.99 Å². The highest BCUT2D eigenvalue weighted by atomic mass is 79.9. The lowest BCUT2D eigenvalue weighted by atomic mass is 10.2. The predicted octanol–water partition coefficient (Wildman–Crippen LogP) is 3.45. The fourth-order valence-corrected chi connectivity index (χ4v) is 3.11. The van der Waals surface area contributed by atoms with Crippen molar-refractivity contribution in [3.8, 4) is 11.5 Å². The van der Waals surface area contributed by atoms with Crippen molar-refractivity contribution in [3.63, 3.8) is 0 Å². The Morgan fingerprint density at radius 2 is 2.07 bits per heavy atom. The van der Waals surface area contributed by atoms with Crippen molar-refractivity contribution in [2.75, 3.05) is 40.0 Å². The Bertz CT molecular complexity index is 819. The molecule has 1 saturated heterocycles. The van der Waals surface area contributed by atoms with E-state index in [1.165, 1.54) is 0 Å². The number of nitrogens with zero attached hydrogens (tertiary/aromatic N) is 2. The third-order valence-corrected chi connectivity index (χ3v) is 4.71. The van der Waals surface area contributed by atoms with Gasteiger partial charge in [0.15, 0.2) is 6.61 Å². The number of amides is 1. The summed E-state index contributed by atoms with van der Waals surface area (Å²) >= 11 is 3.49. The number of carbonyl (C=O) groups is 1. The summed E-state index contributed by atoms with van der Waals surface area (Å²) in [6, 6.07) is 13.2. The van der Waals surface area contributed by atoms with Crippen LogP contribution in [0.4, 0.5) is 5.69 Å². The minimum Gasteiger partial charge on any atom is -0.497 e. The van der Waals surface area contributed by atoms with Gasteiger partial charge in [-0.1, -0.05) is 6.07 Å². The maximum Gasteiger partial charge on any atom is 0.260 e. The number of aliphatic imine (C=N–C) groups is 1. The van der Waals surface area contributed by atoms with Crippen LogP contribution in [0.3, 0.4) is 0 Å². The maximum atomic E-state index is 12.2. The van der Waals surface area contributed by atoms with Gasteiger partial charge < -0.3 is 19.1 Å². The molecule has 27 heavy (non-hydrogen) atoms. The van der Waals surface area contributed by atoms with Crippen LogP contribution in [0.1, 0.15) is 5.56 Å². The summed E-state index contributed by atoms with van der Waals surface area (Å²) in [6.07, 6.45) is 1.77. The van der Waals surface area contributed by atoms with Crippen LogP contribution < -0.4 is 9.47 Å². The normalized spacial score (nSPS) is 14.4. The van der Waals surface area contributed by atoms with Crippen LogP contribution in [0.5, 0.6) is 11.5 Å². The molecule has 1 amide bonds. The molecule has 0 N–H and O–H groups in total. The lowest BCUT2D eigenvalue weighted by Gasteiger charge is -2.26. The summed E-state index contributed by atoms with van der Waals surface area (Å²) in [6.45, 7) is 2.40. The van der Waals surface area contributed by atoms with Crippen LogP contribution in [0, 0.1) is 0 Å².